The van der Waals surface area contributed by atoms with Crippen molar-refractivity contribution >= 4 is 23.4 Å². The van der Waals surface area contributed by atoms with Crippen LogP contribution >= 0.6 is 11.8 Å². The minimum atomic E-state index is -4.55. The Kier molecular flexibility index (Phi) is 5.99. The summed E-state index contributed by atoms with van der Waals surface area (Å²) >= 11 is -0.387. The molecule has 0 saturated heterocycles. The van der Waals surface area contributed by atoms with Crippen LogP contribution in [0.3, 0.4) is 0 Å². The van der Waals surface area contributed by atoms with Gasteiger partial charge in [0.05, 0.1) is 11.3 Å². The predicted octanol–water partition coefficient (Wildman–Crippen LogP) is 5.67. The zero-order valence-corrected chi connectivity index (χ0v) is 17.1. The van der Waals surface area contributed by atoms with E-state index in [0.717, 1.165) is 38.1 Å². The molecule has 5 nitrogen and oxygen atoms in total. The molecule has 1 aromatic heterocycles. The summed E-state index contributed by atoms with van der Waals surface area (Å²) in [5.74, 6) is -0.0990. The molecule has 0 atom stereocenters. The Hall–Kier alpha value is -2.88. The number of anilines is 1. The number of nitrogens with zero attached hydrogens (tertiary/aromatic N) is 3. The van der Waals surface area contributed by atoms with Gasteiger partial charge in [-0.1, -0.05) is 18.6 Å². The zero-order valence-electron chi connectivity index (χ0n) is 16.2. The third-order valence-corrected chi connectivity index (χ3v) is 5.75. The van der Waals surface area contributed by atoms with Crippen molar-refractivity contribution in [1.29, 1.82) is 0 Å². The van der Waals surface area contributed by atoms with Crippen molar-refractivity contribution < 1.29 is 22.4 Å². The Morgan fingerprint density at radius 3 is 2.68 bits per heavy atom. The molecule has 1 aliphatic rings. The Morgan fingerprint density at radius 1 is 1.06 bits per heavy atom. The highest BCUT2D eigenvalue weighted by Crippen LogP contribution is 2.38. The fraction of sp³-hybridized carbons (Fsp3) is 0.286. The van der Waals surface area contributed by atoms with Crippen LogP contribution in [0.1, 0.15) is 35.4 Å². The molecule has 0 fully saturated rings. The summed E-state index contributed by atoms with van der Waals surface area (Å²) in [6, 6.07) is 9.49. The quantitative estimate of drug-likeness (QED) is 0.411. The van der Waals surface area contributed by atoms with E-state index in [0.29, 0.717) is 11.4 Å². The van der Waals surface area contributed by atoms with Gasteiger partial charge in [0, 0.05) is 23.4 Å². The molecule has 1 aliphatic heterocycles. The third-order valence-electron chi connectivity index (χ3n) is 4.94. The first kappa shape index (κ1) is 21.4. The molecular weight excluding hydrogens is 432 g/mol. The fourth-order valence-corrected chi connectivity index (χ4v) is 4.18. The Balaban J connectivity index is 1.63. The molecule has 1 amide bonds. The van der Waals surface area contributed by atoms with Crippen molar-refractivity contribution in [3.8, 4) is 11.4 Å². The van der Waals surface area contributed by atoms with Crippen LogP contribution in [0.25, 0.3) is 11.4 Å². The normalized spacial score (nSPS) is 14.1. The number of aryl methyl sites for hydroxylation is 1. The second kappa shape index (κ2) is 8.70. The first-order valence-electron chi connectivity index (χ1n) is 9.70. The van der Waals surface area contributed by atoms with Gasteiger partial charge in [-0.3, -0.25) is 4.79 Å². The van der Waals surface area contributed by atoms with E-state index in [1.54, 1.807) is 6.07 Å². The number of hydrogen-bond acceptors (Lipinski definition) is 4. The van der Waals surface area contributed by atoms with E-state index in [-0.39, 0.29) is 27.9 Å². The third kappa shape index (κ3) is 4.90. The molecule has 31 heavy (non-hydrogen) atoms. The fourth-order valence-electron chi connectivity index (χ4n) is 3.52. The number of halogens is 4. The maximum atomic E-state index is 14.4. The van der Waals surface area contributed by atoms with Crippen molar-refractivity contribution in [2.45, 2.75) is 42.6 Å². The SMILES string of the molecule is O=C(Nc1cc(-c2nnc3n2CCCCC3)ccc1F)c1ccccc1SC(F)(F)F. The van der Waals surface area contributed by atoms with E-state index in [2.05, 4.69) is 15.5 Å². The highest BCUT2D eigenvalue weighted by atomic mass is 32.2. The molecule has 10 heteroatoms. The number of thioether (sulfide) groups is 1. The average molecular weight is 450 g/mol. The van der Waals surface area contributed by atoms with Gasteiger partial charge >= 0.3 is 5.51 Å². The molecule has 4 rings (SSSR count). The number of carbonyl (C=O) groups is 1. The number of amides is 1. The molecule has 0 unspecified atom stereocenters. The molecule has 0 radical (unpaired) electrons. The molecule has 162 valence electrons. The number of aromatic nitrogens is 3. The van der Waals surface area contributed by atoms with Gasteiger partial charge in [0.2, 0.25) is 0 Å². The van der Waals surface area contributed by atoms with Gasteiger partial charge in [0.1, 0.15) is 11.6 Å². The predicted molar refractivity (Wildman–Crippen MR) is 109 cm³/mol. The van der Waals surface area contributed by atoms with E-state index in [4.69, 9.17) is 0 Å². The van der Waals surface area contributed by atoms with E-state index in [1.807, 2.05) is 4.57 Å². The van der Waals surface area contributed by atoms with Crippen molar-refractivity contribution in [2.24, 2.45) is 0 Å². The van der Waals surface area contributed by atoms with Gasteiger partial charge in [-0.15, -0.1) is 10.2 Å². The number of fused-ring (bicyclic) bond motifs is 1. The van der Waals surface area contributed by atoms with E-state index in [9.17, 15) is 22.4 Å². The van der Waals surface area contributed by atoms with Gasteiger partial charge in [0.15, 0.2) is 5.82 Å². The minimum absolute atomic E-state index is 0.139. The van der Waals surface area contributed by atoms with Crippen LogP contribution in [0.15, 0.2) is 47.4 Å². The minimum Gasteiger partial charge on any atom is -0.319 e. The lowest BCUT2D eigenvalue weighted by Crippen LogP contribution is -2.15. The van der Waals surface area contributed by atoms with Crippen molar-refractivity contribution in [2.75, 3.05) is 5.32 Å². The van der Waals surface area contributed by atoms with E-state index >= 15 is 0 Å². The molecule has 1 N–H and O–H groups in total. The zero-order chi connectivity index (χ0) is 22.0. The van der Waals surface area contributed by atoms with E-state index in [1.165, 1.54) is 36.4 Å². The Bertz CT molecular complexity index is 1110. The van der Waals surface area contributed by atoms with Gasteiger partial charge in [0.25, 0.3) is 5.91 Å². The summed E-state index contributed by atoms with van der Waals surface area (Å²) < 4.78 is 54.8. The first-order valence-corrected chi connectivity index (χ1v) is 10.5. The first-order chi connectivity index (χ1) is 14.8. The summed E-state index contributed by atoms with van der Waals surface area (Å²) in [6.45, 7) is 0.749. The highest BCUT2D eigenvalue weighted by molar-refractivity contribution is 8.00. The molecule has 0 saturated carbocycles. The lowest BCUT2D eigenvalue weighted by molar-refractivity contribution is -0.0328. The smallest absolute Gasteiger partial charge is 0.319 e. The van der Waals surface area contributed by atoms with Crippen molar-refractivity contribution in [1.82, 2.24) is 14.8 Å². The van der Waals surface area contributed by atoms with Gasteiger partial charge in [-0.05, 0) is 54.9 Å². The van der Waals surface area contributed by atoms with Crippen LogP contribution in [0, 0.1) is 5.82 Å². The topological polar surface area (TPSA) is 59.8 Å². The van der Waals surface area contributed by atoms with Crippen LogP contribution in [0.4, 0.5) is 23.2 Å². The van der Waals surface area contributed by atoms with E-state index < -0.39 is 17.2 Å². The molecule has 2 heterocycles. The Morgan fingerprint density at radius 2 is 1.87 bits per heavy atom. The van der Waals surface area contributed by atoms with Crippen LogP contribution in [-0.4, -0.2) is 26.2 Å². The maximum absolute atomic E-state index is 14.4. The van der Waals surface area contributed by atoms with Gasteiger partial charge in [-0.25, -0.2) is 4.39 Å². The standard InChI is InChI=1S/C21H18F4N4OS/c22-15-10-9-13(19-28-27-18-8-2-1-5-11-29(18)19)12-16(15)26-20(30)14-6-3-4-7-17(14)31-21(23,24)25/h3-4,6-7,9-10,12H,1-2,5,8,11H2,(H,26,30). The van der Waals surface area contributed by atoms with Crippen LogP contribution < -0.4 is 5.32 Å². The summed E-state index contributed by atoms with van der Waals surface area (Å²) in [5.41, 5.74) is -4.31. The molecule has 0 bridgehead atoms. The van der Waals surface area contributed by atoms with Crippen molar-refractivity contribution in [3.05, 3.63) is 59.7 Å². The van der Waals surface area contributed by atoms with Crippen molar-refractivity contribution in [3.63, 3.8) is 0 Å². The largest absolute Gasteiger partial charge is 0.446 e. The van der Waals surface area contributed by atoms with Crippen LogP contribution in [0.2, 0.25) is 0 Å². The second-order valence-electron chi connectivity index (χ2n) is 7.09. The lowest BCUT2D eigenvalue weighted by atomic mass is 10.1. The van der Waals surface area contributed by atoms with Crippen LogP contribution in [0.5, 0.6) is 0 Å². The lowest BCUT2D eigenvalue weighted by Gasteiger charge is -2.13. The Labute approximate surface area is 179 Å². The summed E-state index contributed by atoms with van der Waals surface area (Å²) in [7, 11) is 0. The molecule has 0 spiro atoms. The molecule has 3 aromatic rings. The summed E-state index contributed by atoms with van der Waals surface area (Å²) in [6.07, 6.45) is 3.91. The molecular formula is C21H18F4N4OS. The number of nitrogens with one attached hydrogen (secondary N) is 1. The van der Waals surface area contributed by atoms with Gasteiger partial charge in [-0.2, -0.15) is 13.2 Å². The highest BCUT2D eigenvalue weighted by Gasteiger charge is 2.31. The molecule has 2 aromatic carbocycles. The summed E-state index contributed by atoms with van der Waals surface area (Å²) in [4.78, 5) is 12.4. The average Bonchev–Trinajstić information content (AvgIpc) is 2.97. The van der Waals surface area contributed by atoms with Crippen LogP contribution in [-0.2, 0) is 13.0 Å². The number of benzene rings is 2. The monoisotopic (exact) mass is 450 g/mol. The summed E-state index contributed by atoms with van der Waals surface area (Å²) in [5, 5.41) is 10.8. The number of carbonyl (C=O) groups excluding carboxylic acids is 1. The second-order valence-corrected chi connectivity index (χ2v) is 8.20. The number of alkyl halides is 3. The maximum Gasteiger partial charge on any atom is 0.446 e. The number of hydrogen-bond donors (Lipinski definition) is 1. The molecule has 0 aliphatic carbocycles. The van der Waals surface area contributed by atoms with Gasteiger partial charge < -0.3 is 9.88 Å². The number of rotatable bonds is 4.